The summed E-state index contributed by atoms with van der Waals surface area (Å²) < 4.78 is 11.9. The minimum absolute atomic E-state index is 0.178. The summed E-state index contributed by atoms with van der Waals surface area (Å²) in [6, 6.07) is 11.2. The number of carbonyl (C=O) groups is 2. The summed E-state index contributed by atoms with van der Waals surface area (Å²) in [6.45, 7) is 4.13. The van der Waals surface area contributed by atoms with Crippen LogP contribution in [0.15, 0.2) is 47.3 Å². The molecule has 0 atom stereocenters. The van der Waals surface area contributed by atoms with E-state index in [1.807, 2.05) is 13.8 Å². The van der Waals surface area contributed by atoms with Crippen LogP contribution in [0.1, 0.15) is 24.3 Å². The molecule has 0 saturated carbocycles. The van der Waals surface area contributed by atoms with Gasteiger partial charge >= 0.3 is 5.97 Å². The topological polar surface area (TPSA) is 120 Å². The molecule has 156 valence electrons. The lowest BCUT2D eigenvalue weighted by Crippen LogP contribution is -2.31. The molecule has 0 saturated heterocycles. The Labute approximate surface area is 171 Å². The Hall–Kier alpha value is -3.88. The third-order valence-corrected chi connectivity index (χ3v) is 4.19. The van der Waals surface area contributed by atoms with Crippen LogP contribution in [0.2, 0.25) is 0 Å². The minimum atomic E-state index is -1.28. The van der Waals surface area contributed by atoms with Crippen LogP contribution in [0, 0.1) is 0 Å². The van der Waals surface area contributed by atoms with Crippen molar-refractivity contribution < 1.29 is 24.2 Å². The molecule has 3 rings (SSSR count). The fourth-order valence-corrected chi connectivity index (χ4v) is 2.97. The molecule has 0 unspecified atom stereocenters. The highest BCUT2D eigenvalue weighted by molar-refractivity contribution is 6.01. The maximum absolute atomic E-state index is 12.6. The number of carbonyl (C=O) groups excluding carboxylic acids is 1. The quantitative estimate of drug-likeness (QED) is 0.584. The van der Waals surface area contributed by atoms with Gasteiger partial charge in [-0.15, -0.1) is 0 Å². The number of rotatable bonds is 8. The monoisotopic (exact) mass is 411 g/mol. The third kappa shape index (κ3) is 4.40. The maximum Gasteiger partial charge on any atom is 0.357 e. The van der Waals surface area contributed by atoms with Gasteiger partial charge in [0.25, 0.3) is 5.56 Å². The van der Waals surface area contributed by atoms with E-state index in [-0.39, 0.29) is 16.5 Å². The largest absolute Gasteiger partial charge is 0.490 e. The Morgan fingerprint density at radius 1 is 1.03 bits per heavy atom. The smallest absolute Gasteiger partial charge is 0.357 e. The van der Waals surface area contributed by atoms with E-state index in [1.165, 1.54) is 12.1 Å². The minimum Gasteiger partial charge on any atom is -0.490 e. The van der Waals surface area contributed by atoms with Crippen molar-refractivity contribution in [2.45, 2.75) is 20.4 Å². The summed E-state index contributed by atoms with van der Waals surface area (Å²) in [5.41, 5.74) is -0.399. The molecule has 2 aromatic carbocycles. The normalized spacial score (nSPS) is 10.6. The highest BCUT2D eigenvalue weighted by Crippen LogP contribution is 2.30. The van der Waals surface area contributed by atoms with E-state index in [0.29, 0.717) is 30.4 Å². The summed E-state index contributed by atoms with van der Waals surface area (Å²) in [4.78, 5) is 36.7. The molecule has 0 aliphatic rings. The molecule has 30 heavy (non-hydrogen) atoms. The molecule has 3 aromatic rings. The molecule has 9 nitrogen and oxygen atoms in total. The molecule has 9 heteroatoms. The van der Waals surface area contributed by atoms with Crippen LogP contribution in [0.3, 0.4) is 0 Å². The lowest BCUT2D eigenvalue weighted by molar-refractivity contribution is -0.117. The molecule has 0 fully saturated rings. The third-order valence-electron chi connectivity index (χ3n) is 4.19. The number of amides is 1. The van der Waals surface area contributed by atoms with Gasteiger partial charge < -0.3 is 19.9 Å². The van der Waals surface area contributed by atoms with E-state index >= 15 is 0 Å². The fraction of sp³-hybridized carbons (Fsp3) is 0.238. The first kappa shape index (κ1) is 20.8. The van der Waals surface area contributed by atoms with Gasteiger partial charge in [0.05, 0.1) is 18.6 Å². The molecular weight excluding hydrogens is 390 g/mol. The Morgan fingerprint density at radius 2 is 1.70 bits per heavy atom. The van der Waals surface area contributed by atoms with Crippen molar-refractivity contribution in [3.63, 3.8) is 0 Å². The first-order valence-corrected chi connectivity index (χ1v) is 9.37. The number of nitrogens with one attached hydrogen (secondary N) is 1. The molecule has 1 heterocycles. The van der Waals surface area contributed by atoms with Gasteiger partial charge in [0.15, 0.2) is 17.2 Å². The number of carboxylic acids is 1. The van der Waals surface area contributed by atoms with Crippen LogP contribution < -0.4 is 20.3 Å². The summed E-state index contributed by atoms with van der Waals surface area (Å²) in [5, 5.41) is 16.3. The number of aromatic nitrogens is 2. The second-order valence-corrected chi connectivity index (χ2v) is 6.24. The molecule has 0 aliphatic carbocycles. The second kappa shape index (κ2) is 9.08. The van der Waals surface area contributed by atoms with E-state index in [4.69, 9.17) is 9.47 Å². The van der Waals surface area contributed by atoms with Gasteiger partial charge in [-0.25, -0.2) is 9.48 Å². The van der Waals surface area contributed by atoms with Crippen LogP contribution in [0.25, 0.3) is 10.8 Å². The zero-order valence-corrected chi connectivity index (χ0v) is 16.5. The van der Waals surface area contributed by atoms with Gasteiger partial charge in [0.1, 0.15) is 6.54 Å². The van der Waals surface area contributed by atoms with Gasteiger partial charge in [0.2, 0.25) is 5.91 Å². The Bertz CT molecular complexity index is 1160. The van der Waals surface area contributed by atoms with Crippen molar-refractivity contribution in [1.29, 1.82) is 0 Å². The van der Waals surface area contributed by atoms with E-state index in [1.54, 1.807) is 30.3 Å². The zero-order valence-electron chi connectivity index (χ0n) is 16.5. The lowest BCUT2D eigenvalue weighted by atomic mass is 10.1. The van der Waals surface area contributed by atoms with Gasteiger partial charge in [-0.1, -0.05) is 18.2 Å². The fourth-order valence-electron chi connectivity index (χ4n) is 2.97. The number of aromatic carboxylic acids is 1. The number of benzene rings is 2. The number of carboxylic acid groups (broad SMARTS) is 1. The van der Waals surface area contributed by atoms with E-state index in [0.717, 1.165) is 4.68 Å². The van der Waals surface area contributed by atoms with Crippen molar-refractivity contribution in [2.24, 2.45) is 0 Å². The van der Waals surface area contributed by atoms with E-state index < -0.39 is 24.0 Å². The van der Waals surface area contributed by atoms with Gasteiger partial charge in [-0.05, 0) is 32.0 Å². The van der Waals surface area contributed by atoms with Gasteiger partial charge in [-0.3, -0.25) is 9.59 Å². The first-order chi connectivity index (χ1) is 14.4. The highest BCUT2D eigenvalue weighted by Gasteiger charge is 2.17. The number of nitrogens with zero attached hydrogens (tertiary/aromatic N) is 2. The SMILES string of the molecule is CCOc1ccc(NC(=O)Cn2nc(C(=O)O)c3ccccc3c2=O)cc1OCC. The second-order valence-electron chi connectivity index (χ2n) is 6.24. The van der Waals surface area contributed by atoms with Gasteiger partial charge in [0, 0.05) is 17.1 Å². The van der Waals surface area contributed by atoms with Gasteiger partial charge in [-0.2, -0.15) is 5.10 Å². The van der Waals surface area contributed by atoms with Crippen LogP contribution in [-0.2, 0) is 11.3 Å². The van der Waals surface area contributed by atoms with Crippen molar-refractivity contribution in [3.8, 4) is 11.5 Å². The van der Waals surface area contributed by atoms with E-state index in [2.05, 4.69) is 10.4 Å². The summed E-state index contributed by atoms with van der Waals surface area (Å²) in [5.74, 6) is -0.793. The molecular formula is C21H21N3O6. The number of fused-ring (bicyclic) bond motifs is 1. The number of ether oxygens (including phenoxy) is 2. The lowest BCUT2D eigenvalue weighted by Gasteiger charge is -2.13. The average Bonchev–Trinajstić information content (AvgIpc) is 2.72. The predicted octanol–water partition coefficient (Wildman–Crippen LogP) is 2.53. The van der Waals surface area contributed by atoms with Crippen molar-refractivity contribution in [1.82, 2.24) is 9.78 Å². The van der Waals surface area contributed by atoms with Crippen LogP contribution in [-0.4, -0.2) is 40.0 Å². The van der Waals surface area contributed by atoms with Crippen LogP contribution in [0.4, 0.5) is 5.69 Å². The summed E-state index contributed by atoms with van der Waals surface area (Å²) >= 11 is 0. The Kier molecular flexibility index (Phi) is 6.31. The molecule has 0 bridgehead atoms. The summed E-state index contributed by atoms with van der Waals surface area (Å²) in [6.07, 6.45) is 0. The molecule has 0 radical (unpaired) electrons. The Balaban J connectivity index is 1.87. The van der Waals surface area contributed by atoms with Crippen LogP contribution in [0.5, 0.6) is 11.5 Å². The van der Waals surface area contributed by atoms with Crippen LogP contribution >= 0.6 is 0 Å². The maximum atomic E-state index is 12.6. The standard InChI is InChI=1S/C21H21N3O6/c1-3-29-16-10-9-13(11-17(16)30-4-2)22-18(25)12-24-20(26)15-8-6-5-7-14(15)19(23-24)21(27)28/h5-11H,3-4,12H2,1-2H3,(H,22,25)(H,27,28). The Morgan fingerprint density at radius 3 is 2.37 bits per heavy atom. The molecule has 0 aliphatic heterocycles. The average molecular weight is 411 g/mol. The molecule has 2 N–H and O–H groups in total. The highest BCUT2D eigenvalue weighted by atomic mass is 16.5. The van der Waals surface area contributed by atoms with Crippen molar-refractivity contribution in [2.75, 3.05) is 18.5 Å². The first-order valence-electron chi connectivity index (χ1n) is 9.37. The number of hydrogen-bond donors (Lipinski definition) is 2. The van der Waals surface area contributed by atoms with Crippen molar-refractivity contribution >= 4 is 28.3 Å². The zero-order chi connectivity index (χ0) is 21.7. The number of hydrogen-bond acceptors (Lipinski definition) is 6. The number of anilines is 1. The molecule has 1 aromatic heterocycles. The predicted molar refractivity (Wildman–Crippen MR) is 110 cm³/mol. The van der Waals surface area contributed by atoms with Crippen molar-refractivity contribution in [3.05, 3.63) is 58.5 Å². The molecule has 1 amide bonds. The molecule has 0 spiro atoms. The summed E-state index contributed by atoms with van der Waals surface area (Å²) in [7, 11) is 0. The van der Waals surface area contributed by atoms with E-state index in [9.17, 15) is 19.5 Å².